The van der Waals surface area contributed by atoms with Crippen molar-refractivity contribution < 1.29 is 34.7 Å². The number of aromatic nitrogens is 1. The maximum Gasteiger partial charge on any atom is 0 e. The standard InChI is InChI=1S/C24H22GeNO.C13H24O2.Ir/c1-14-12-20(25(3,4)5)18-10-11-26-22-19-13-16-8-6-7-9-17(16)15(2)24(19)27-23(14)21(18)22;1-5-10(6-2)12(14)9-13(15)11(7-3)8-4;/h6-12H,1-5H3;9-11,14H,5-8H2,1-4H3;/q-1;;/b;12-9-;. The molecule has 1 aliphatic heterocycles. The molecule has 0 amide bonds. The van der Waals surface area contributed by atoms with Gasteiger partial charge in [-0.25, -0.2) is 0 Å². The van der Waals surface area contributed by atoms with E-state index in [2.05, 4.69) is 73.6 Å². The van der Waals surface area contributed by atoms with Gasteiger partial charge in [0.15, 0.2) is 5.78 Å². The van der Waals surface area contributed by atoms with Gasteiger partial charge in [-0.15, -0.1) is 0 Å². The van der Waals surface area contributed by atoms with Crippen molar-refractivity contribution in [1.82, 2.24) is 4.98 Å². The van der Waals surface area contributed by atoms with Crippen molar-refractivity contribution in [2.75, 3.05) is 0 Å². The van der Waals surface area contributed by atoms with Crippen molar-refractivity contribution in [3.63, 3.8) is 0 Å². The van der Waals surface area contributed by atoms with Gasteiger partial charge in [-0.1, -0.05) is 27.7 Å². The van der Waals surface area contributed by atoms with Crippen LogP contribution in [0.15, 0.2) is 54.4 Å². The molecule has 5 rings (SSSR count). The number of ether oxygens (including phenoxy) is 1. The van der Waals surface area contributed by atoms with Gasteiger partial charge in [0.2, 0.25) is 0 Å². The van der Waals surface area contributed by atoms with Crippen LogP contribution >= 0.6 is 0 Å². The Bertz CT molecular complexity index is 1650. The van der Waals surface area contributed by atoms with Gasteiger partial charge in [0.1, 0.15) is 0 Å². The van der Waals surface area contributed by atoms with Crippen LogP contribution in [-0.2, 0) is 24.9 Å². The van der Waals surface area contributed by atoms with Gasteiger partial charge >= 0.3 is 163 Å². The largest absolute Gasteiger partial charge is 0 e. The second kappa shape index (κ2) is 14.5. The second-order valence-corrected chi connectivity index (χ2v) is 23.1. The van der Waals surface area contributed by atoms with Crippen LogP contribution in [0.3, 0.4) is 0 Å². The SMILES string of the molecule is CCC(CC)C(=O)/C=C(\O)C(CC)CC.Cc1c[c]([Ge]([CH3])([CH3])[CH3])c2ccnc3c2c1Oc1c-3[c-]c2ccccc2c1C.[Ir]. The van der Waals surface area contributed by atoms with E-state index >= 15 is 0 Å². The number of allylic oxidation sites excluding steroid dienone is 2. The summed E-state index contributed by atoms with van der Waals surface area (Å²) in [4.78, 5) is 16.5. The van der Waals surface area contributed by atoms with Gasteiger partial charge in [-0.05, 0) is 25.7 Å². The summed E-state index contributed by atoms with van der Waals surface area (Å²) < 4.78 is 8.05. The molecule has 1 aliphatic rings. The third-order valence-electron chi connectivity index (χ3n) is 8.68. The molecule has 231 valence electrons. The number of aryl methyl sites for hydroxylation is 2. The summed E-state index contributed by atoms with van der Waals surface area (Å²) in [6.45, 7) is 12.4. The Balaban J connectivity index is 0.000000274. The molecular formula is C37H46GeIrNO3-. The number of aliphatic hydroxyl groups excluding tert-OH is 1. The van der Waals surface area contributed by atoms with Crippen LogP contribution in [0.1, 0.15) is 64.5 Å². The Labute approximate surface area is 274 Å². The quantitative estimate of drug-likeness (QED) is 0.0734. The summed E-state index contributed by atoms with van der Waals surface area (Å²) >= 11 is -2.05. The summed E-state index contributed by atoms with van der Waals surface area (Å²) in [5.41, 5.74) is 4.35. The number of aliphatic hydroxyl groups is 1. The molecule has 3 aromatic carbocycles. The van der Waals surface area contributed by atoms with E-state index in [1.165, 1.54) is 26.8 Å². The van der Waals surface area contributed by atoms with Crippen molar-refractivity contribution in [2.45, 2.75) is 84.5 Å². The monoisotopic (exact) mass is 819 g/mol. The minimum Gasteiger partial charge on any atom is 0 e. The summed E-state index contributed by atoms with van der Waals surface area (Å²) in [6, 6.07) is 16.5. The number of benzene rings is 3. The number of nitrogens with zero attached hydrogens (tertiary/aromatic N) is 1. The average Bonchev–Trinajstić information content (AvgIpc) is 2.96. The maximum absolute atomic E-state index is 11.7. The molecule has 6 heteroatoms. The number of hydrogen-bond donors (Lipinski definition) is 1. The van der Waals surface area contributed by atoms with E-state index < -0.39 is 13.3 Å². The van der Waals surface area contributed by atoms with Crippen LogP contribution in [0.4, 0.5) is 0 Å². The van der Waals surface area contributed by atoms with E-state index in [9.17, 15) is 9.90 Å². The molecule has 4 nitrogen and oxygen atoms in total. The van der Waals surface area contributed by atoms with Crippen molar-refractivity contribution >= 4 is 45.0 Å². The summed E-state index contributed by atoms with van der Waals surface area (Å²) in [5, 5.41) is 14.5. The Morgan fingerprint density at radius 3 is 2.19 bits per heavy atom. The van der Waals surface area contributed by atoms with Gasteiger partial charge in [-0.2, -0.15) is 0 Å². The maximum atomic E-state index is 11.7. The van der Waals surface area contributed by atoms with E-state index in [1.54, 1.807) is 0 Å². The number of ketones is 1. The van der Waals surface area contributed by atoms with E-state index in [1.807, 2.05) is 33.9 Å². The Hall–Kier alpha value is -2.47. The number of carbonyl (C=O) groups excluding carboxylic acids is 1. The fourth-order valence-corrected chi connectivity index (χ4v) is 9.51. The number of carbonyl (C=O) groups is 1. The minimum absolute atomic E-state index is 0. The Kier molecular flexibility index (Phi) is 11.8. The predicted octanol–water partition coefficient (Wildman–Crippen LogP) is 9.99. The molecule has 0 spiro atoms. The van der Waals surface area contributed by atoms with E-state index in [0.29, 0.717) is 0 Å². The molecule has 0 fully saturated rings. The fourth-order valence-electron chi connectivity index (χ4n) is 6.01. The third kappa shape index (κ3) is 7.10. The van der Waals surface area contributed by atoms with E-state index in [-0.39, 0.29) is 43.5 Å². The van der Waals surface area contributed by atoms with Crippen molar-refractivity contribution in [3.8, 4) is 22.8 Å². The zero-order valence-electron chi connectivity index (χ0n) is 27.1. The molecular weight excluding hydrogens is 771 g/mol. The van der Waals surface area contributed by atoms with Crippen LogP contribution in [0.25, 0.3) is 32.8 Å². The zero-order chi connectivity index (χ0) is 30.8. The molecule has 0 bridgehead atoms. The molecule has 1 N–H and O–H groups in total. The van der Waals surface area contributed by atoms with E-state index in [4.69, 9.17) is 9.72 Å². The Morgan fingerprint density at radius 1 is 0.953 bits per heavy atom. The molecule has 0 atom stereocenters. The third-order valence-corrected chi connectivity index (χ3v) is 12.9. The van der Waals surface area contributed by atoms with Crippen LogP contribution in [0, 0.1) is 31.7 Å². The number of pyridine rings is 1. The van der Waals surface area contributed by atoms with Crippen molar-refractivity contribution in [1.29, 1.82) is 0 Å². The summed E-state index contributed by atoms with van der Waals surface area (Å²) in [6.07, 6.45) is 6.85. The van der Waals surface area contributed by atoms with Crippen LogP contribution in [-0.4, -0.2) is 29.1 Å². The molecule has 1 radical (unpaired) electrons. The second-order valence-electron chi connectivity index (χ2n) is 12.5. The zero-order valence-corrected chi connectivity index (χ0v) is 31.6. The predicted molar refractivity (Wildman–Crippen MR) is 180 cm³/mol. The van der Waals surface area contributed by atoms with Crippen LogP contribution in [0.5, 0.6) is 11.5 Å². The Morgan fingerprint density at radius 2 is 1.58 bits per heavy atom. The van der Waals surface area contributed by atoms with Gasteiger partial charge in [0, 0.05) is 38.0 Å². The molecule has 4 aromatic rings. The van der Waals surface area contributed by atoms with Gasteiger partial charge in [0.05, 0.1) is 5.76 Å². The number of fused-ring (bicyclic) bond motifs is 3. The van der Waals surface area contributed by atoms with Crippen LogP contribution < -0.4 is 9.13 Å². The molecule has 2 heterocycles. The average molecular weight is 818 g/mol. The summed E-state index contributed by atoms with van der Waals surface area (Å²) in [5.74, 6) is 9.73. The molecule has 0 unspecified atom stereocenters. The molecule has 43 heavy (non-hydrogen) atoms. The normalized spacial score (nSPS) is 12.5. The number of hydrogen-bond acceptors (Lipinski definition) is 4. The van der Waals surface area contributed by atoms with Gasteiger partial charge in [0.25, 0.3) is 0 Å². The molecule has 0 saturated heterocycles. The minimum atomic E-state index is -2.05. The topological polar surface area (TPSA) is 59.4 Å². The van der Waals surface area contributed by atoms with Crippen molar-refractivity contribution in [3.05, 3.63) is 71.6 Å². The fraction of sp³-hybridized carbons (Fsp3) is 0.405. The first kappa shape index (κ1) is 35.0. The summed E-state index contributed by atoms with van der Waals surface area (Å²) in [7, 11) is 0. The smallest absolute Gasteiger partial charge is 0 e. The first-order valence-corrected chi connectivity index (χ1v) is 22.8. The van der Waals surface area contributed by atoms with Gasteiger partial charge in [-0.3, -0.25) is 4.79 Å². The number of rotatable bonds is 8. The van der Waals surface area contributed by atoms with Crippen molar-refractivity contribution in [2.24, 2.45) is 11.8 Å². The van der Waals surface area contributed by atoms with Gasteiger partial charge < -0.3 is 5.11 Å². The first-order chi connectivity index (χ1) is 20.0. The molecule has 0 saturated carbocycles. The van der Waals surface area contributed by atoms with Crippen LogP contribution in [0.2, 0.25) is 17.3 Å². The first-order valence-electron chi connectivity index (χ1n) is 15.5. The molecule has 0 aliphatic carbocycles. The molecule has 1 aromatic heterocycles. The van der Waals surface area contributed by atoms with E-state index in [0.717, 1.165) is 64.8 Å².